The number of aromatic nitrogens is 2. The fraction of sp³-hybridized carbons (Fsp3) is 0.400. The van der Waals surface area contributed by atoms with Crippen molar-refractivity contribution in [3.8, 4) is 0 Å². The van der Waals surface area contributed by atoms with E-state index in [2.05, 4.69) is 41.3 Å². The maximum absolute atomic E-state index is 13.4. The molecule has 1 aliphatic heterocycles. The Morgan fingerprint density at radius 2 is 2.20 bits per heavy atom. The quantitative estimate of drug-likeness (QED) is 0.192. The van der Waals surface area contributed by atoms with Crippen LogP contribution in [0.2, 0.25) is 0 Å². The van der Waals surface area contributed by atoms with Crippen molar-refractivity contribution in [3.63, 3.8) is 0 Å². The van der Waals surface area contributed by atoms with Gasteiger partial charge in [-0.15, -0.1) is 0 Å². The van der Waals surface area contributed by atoms with Gasteiger partial charge in [0.05, 0.1) is 15.7 Å². The lowest BCUT2D eigenvalue weighted by atomic mass is 9.94. The molecule has 1 aliphatic rings. The molecule has 0 unspecified atom stereocenters. The Morgan fingerprint density at radius 3 is 2.83 bits per heavy atom. The van der Waals surface area contributed by atoms with E-state index < -0.39 is 21.6 Å². The van der Waals surface area contributed by atoms with Crippen LogP contribution in [0.4, 0.5) is 15.9 Å². The molecular weight excluding hydrogens is 487 g/mol. The van der Waals surface area contributed by atoms with Crippen LogP contribution in [0.15, 0.2) is 32.3 Å². The van der Waals surface area contributed by atoms with Crippen LogP contribution in [0, 0.1) is 5.82 Å². The smallest absolute Gasteiger partial charge is 0.279 e. The predicted molar refractivity (Wildman–Crippen MR) is 109 cm³/mol. The number of aliphatic imine (C=N–C) groups is 1. The average Bonchev–Trinajstić information content (AvgIpc) is 3.13. The van der Waals surface area contributed by atoms with Gasteiger partial charge < -0.3 is 11.1 Å². The van der Waals surface area contributed by atoms with Crippen LogP contribution in [-0.2, 0) is 10.2 Å². The molecule has 2 heterocycles. The maximum atomic E-state index is 13.4. The molecule has 3 rings (SSSR count). The van der Waals surface area contributed by atoms with E-state index in [1.54, 1.807) is 6.92 Å². The Kier molecular flexibility index (Phi) is 6.68. The van der Waals surface area contributed by atoms with E-state index in [0.717, 1.165) is 0 Å². The highest BCUT2D eigenvalue weighted by Crippen LogP contribution is 2.24. The first kappa shape index (κ1) is 22.5. The molecule has 0 bridgehead atoms. The van der Waals surface area contributed by atoms with Gasteiger partial charge in [0.1, 0.15) is 5.82 Å². The summed E-state index contributed by atoms with van der Waals surface area (Å²) < 4.78 is 45.8. The number of hydrogen-bond donors (Lipinski definition) is 5. The minimum atomic E-state index is -3.55. The van der Waals surface area contributed by atoms with Gasteiger partial charge in [-0.05, 0) is 44.4 Å². The second-order valence-corrected chi connectivity index (χ2v) is 9.23. The van der Waals surface area contributed by atoms with Crippen LogP contribution in [-0.4, -0.2) is 65.8 Å². The van der Waals surface area contributed by atoms with Crippen molar-refractivity contribution < 1.29 is 22.6 Å². The summed E-state index contributed by atoms with van der Waals surface area (Å²) in [6.07, 6.45) is 0. The molecule has 12 nitrogen and oxygen atoms in total. The van der Waals surface area contributed by atoms with Gasteiger partial charge in [-0.25, -0.2) is 18.7 Å². The monoisotopic (exact) mass is 506 g/mol. The lowest BCUT2D eigenvalue weighted by Gasteiger charge is -2.46. The number of halogens is 2. The fourth-order valence-corrected chi connectivity index (χ4v) is 4.51. The van der Waals surface area contributed by atoms with Crippen LogP contribution in [0.5, 0.6) is 0 Å². The molecule has 0 aliphatic carbocycles. The van der Waals surface area contributed by atoms with Gasteiger partial charge in [0.15, 0.2) is 11.5 Å². The summed E-state index contributed by atoms with van der Waals surface area (Å²) in [5.41, 5.74) is 7.66. The van der Waals surface area contributed by atoms with Gasteiger partial charge in [0, 0.05) is 26.2 Å². The number of anilines is 1. The minimum Gasteiger partial charge on any atom is -0.363 e. The van der Waals surface area contributed by atoms with E-state index in [0.29, 0.717) is 5.69 Å². The molecule has 1 fully saturated rings. The van der Waals surface area contributed by atoms with Crippen molar-refractivity contribution in [1.82, 2.24) is 24.8 Å². The highest BCUT2D eigenvalue weighted by Gasteiger charge is 2.45. The van der Waals surface area contributed by atoms with E-state index in [1.807, 2.05) is 5.48 Å². The molecule has 0 radical (unpaired) electrons. The van der Waals surface area contributed by atoms with Crippen molar-refractivity contribution in [3.05, 3.63) is 34.2 Å². The molecule has 6 N–H and O–H groups in total. The van der Waals surface area contributed by atoms with Crippen molar-refractivity contribution in [2.45, 2.75) is 12.5 Å². The zero-order chi connectivity index (χ0) is 21.9. The van der Waals surface area contributed by atoms with Crippen molar-refractivity contribution in [2.75, 3.05) is 31.5 Å². The van der Waals surface area contributed by atoms with Crippen LogP contribution >= 0.6 is 15.9 Å². The molecule has 1 saturated heterocycles. The minimum absolute atomic E-state index is 0.0537. The number of amidine groups is 1. The molecule has 1 aromatic heterocycles. The summed E-state index contributed by atoms with van der Waals surface area (Å²) in [6.45, 7) is 2.35. The van der Waals surface area contributed by atoms with Gasteiger partial charge in [-0.2, -0.15) is 12.7 Å². The molecule has 15 heteroatoms. The Labute approximate surface area is 179 Å². The van der Waals surface area contributed by atoms with Crippen LogP contribution in [0.1, 0.15) is 12.6 Å². The third kappa shape index (κ3) is 4.93. The normalized spacial score (nSPS) is 16.9. The van der Waals surface area contributed by atoms with E-state index in [4.69, 9.17) is 10.4 Å². The zero-order valence-corrected chi connectivity index (χ0v) is 18.2. The van der Waals surface area contributed by atoms with Crippen molar-refractivity contribution >= 4 is 43.5 Å². The number of rotatable bonds is 8. The van der Waals surface area contributed by atoms with Gasteiger partial charge in [-0.1, -0.05) is 6.92 Å². The first-order chi connectivity index (χ1) is 14.2. The number of nitrogens with zero attached hydrogens (tertiary/aromatic N) is 4. The van der Waals surface area contributed by atoms with E-state index in [-0.39, 0.29) is 48.0 Å². The summed E-state index contributed by atoms with van der Waals surface area (Å²) in [5, 5.41) is 19.8. The largest absolute Gasteiger partial charge is 0.363 e. The summed E-state index contributed by atoms with van der Waals surface area (Å²) in [7, 11) is -3.55. The topological polar surface area (TPSA) is 171 Å². The molecule has 0 atom stereocenters. The molecule has 0 spiro atoms. The molecule has 30 heavy (non-hydrogen) atoms. The van der Waals surface area contributed by atoms with Gasteiger partial charge in [-0.3, -0.25) is 10.7 Å². The van der Waals surface area contributed by atoms with Gasteiger partial charge in [0.25, 0.3) is 10.2 Å². The predicted octanol–water partition coefficient (Wildman–Crippen LogP) is 0.308. The van der Waals surface area contributed by atoms with Gasteiger partial charge in [0.2, 0.25) is 5.82 Å². The Hall–Kier alpha value is -2.17. The SMILES string of the molecule is CCNS(=O)(=O)N1CC(N)(CNc2nonc2C(=Nc2ccc(F)c(Br)c2)NO)C1. The van der Waals surface area contributed by atoms with Crippen molar-refractivity contribution in [2.24, 2.45) is 10.7 Å². The first-order valence-corrected chi connectivity index (χ1v) is 10.9. The summed E-state index contributed by atoms with van der Waals surface area (Å²) in [5.74, 6) is -0.431. The Bertz CT molecular complexity index is 1040. The fourth-order valence-electron chi connectivity index (χ4n) is 2.75. The molecule has 0 saturated carbocycles. The molecule has 2 aromatic rings. The van der Waals surface area contributed by atoms with E-state index >= 15 is 0 Å². The molecule has 0 amide bonds. The number of nitrogens with two attached hydrogens (primary N) is 1. The maximum Gasteiger partial charge on any atom is 0.279 e. The summed E-state index contributed by atoms with van der Waals surface area (Å²) >= 11 is 3.06. The van der Waals surface area contributed by atoms with E-state index in [9.17, 15) is 18.0 Å². The second kappa shape index (κ2) is 8.91. The Morgan fingerprint density at radius 1 is 1.47 bits per heavy atom. The third-order valence-corrected chi connectivity index (χ3v) is 6.42. The lowest BCUT2D eigenvalue weighted by molar-refractivity contribution is 0.167. The van der Waals surface area contributed by atoms with E-state index in [1.165, 1.54) is 22.5 Å². The zero-order valence-electron chi connectivity index (χ0n) is 15.8. The summed E-state index contributed by atoms with van der Waals surface area (Å²) in [6, 6.07) is 4.02. The van der Waals surface area contributed by atoms with Crippen LogP contribution in [0.25, 0.3) is 0 Å². The average molecular weight is 507 g/mol. The molecule has 164 valence electrons. The lowest BCUT2D eigenvalue weighted by Crippen LogP contribution is -2.72. The first-order valence-electron chi connectivity index (χ1n) is 8.72. The highest BCUT2D eigenvalue weighted by molar-refractivity contribution is 9.10. The highest BCUT2D eigenvalue weighted by atomic mass is 79.9. The molecule has 1 aromatic carbocycles. The number of hydrogen-bond acceptors (Lipinski definition) is 9. The number of benzene rings is 1. The summed E-state index contributed by atoms with van der Waals surface area (Å²) in [4.78, 5) is 4.15. The number of hydroxylamine groups is 1. The van der Waals surface area contributed by atoms with Gasteiger partial charge >= 0.3 is 0 Å². The molecular formula is C15H20BrFN8O4S. The van der Waals surface area contributed by atoms with Crippen molar-refractivity contribution in [1.29, 1.82) is 0 Å². The number of nitrogens with one attached hydrogen (secondary N) is 3. The second-order valence-electron chi connectivity index (χ2n) is 6.62. The Balaban J connectivity index is 1.69. The standard InChI is InChI=1S/C15H20BrFN8O4S/c1-2-20-30(27,28)25-7-15(18,8-25)6-19-13-12(23-29-24-13)14(22-26)21-9-3-4-11(17)10(16)5-9/h3-5,20,26H,2,6-8,18H2,1H3,(H,19,24)(H,21,22). The van der Waals surface area contributed by atoms with Crippen LogP contribution < -0.4 is 21.3 Å². The third-order valence-electron chi connectivity index (χ3n) is 4.22. The van der Waals surface area contributed by atoms with Crippen LogP contribution in [0.3, 0.4) is 0 Å².